The van der Waals surface area contributed by atoms with Gasteiger partial charge in [-0.3, -0.25) is 4.98 Å². The average Bonchev–Trinajstić information content (AvgIpc) is 3.72. The Bertz CT molecular complexity index is 2560. The number of furan rings is 1. The van der Waals surface area contributed by atoms with E-state index in [0.717, 1.165) is 55.7 Å². The number of fused-ring (bicyclic) bond motifs is 4. The molecule has 4 heterocycles. The van der Waals surface area contributed by atoms with E-state index in [0.29, 0.717) is 23.1 Å². The quantitative estimate of drug-likeness (QED) is 0.123. The Kier molecular flexibility index (Phi) is 10.1. The van der Waals surface area contributed by atoms with E-state index in [1.807, 2.05) is 37.4 Å². The Morgan fingerprint density at radius 2 is 1.55 bits per heavy atom. The predicted octanol–water partition coefficient (Wildman–Crippen LogP) is 11.7. The number of pyridine rings is 2. The molecular weight excluding hydrogens is 889 g/mol. The first-order valence-electron chi connectivity index (χ1n) is 19.4. The normalized spacial score (nSPS) is 12.8. The van der Waals surface area contributed by atoms with Crippen molar-refractivity contribution in [3.63, 3.8) is 0 Å². The van der Waals surface area contributed by atoms with Crippen LogP contribution in [-0.2, 0) is 20.1 Å². The zero-order valence-corrected chi connectivity index (χ0v) is 36.0. The van der Waals surface area contributed by atoms with Gasteiger partial charge in [-0.1, -0.05) is 69.0 Å². The molecule has 0 aliphatic heterocycles. The van der Waals surface area contributed by atoms with Crippen LogP contribution in [0.5, 0.6) is 0 Å². The summed E-state index contributed by atoms with van der Waals surface area (Å²) in [4.78, 5) is 14.3. The third kappa shape index (κ3) is 7.69. The van der Waals surface area contributed by atoms with Crippen LogP contribution in [0.25, 0.3) is 61.4 Å². The van der Waals surface area contributed by atoms with Crippen molar-refractivity contribution in [2.75, 3.05) is 0 Å². The van der Waals surface area contributed by atoms with E-state index in [1.54, 1.807) is 12.1 Å². The van der Waals surface area contributed by atoms with E-state index in [1.165, 1.54) is 27.3 Å². The molecule has 5 nitrogen and oxygen atoms in total. The van der Waals surface area contributed by atoms with Gasteiger partial charge < -0.3 is 8.98 Å². The molecule has 0 aliphatic carbocycles. The molecule has 53 heavy (non-hydrogen) atoms. The largest absolute Gasteiger partial charge is 0 e. The van der Waals surface area contributed by atoms with Crippen LogP contribution in [0.15, 0.2) is 108 Å². The first-order chi connectivity index (χ1) is 26.1. The van der Waals surface area contributed by atoms with Gasteiger partial charge in [-0.2, -0.15) is 0 Å². The molecule has 7 heteroatoms. The van der Waals surface area contributed by atoms with Crippen LogP contribution in [0.2, 0.25) is 17.3 Å². The molecule has 0 atom stereocenters. The smallest absolute Gasteiger partial charge is 0 e. The van der Waals surface area contributed by atoms with E-state index >= 15 is 0 Å². The molecule has 8 aromatic rings. The van der Waals surface area contributed by atoms with Crippen LogP contribution >= 0.6 is 0 Å². The number of nitrogens with zero attached hydrogens (tertiary/aromatic N) is 4. The molecule has 0 saturated carbocycles. The van der Waals surface area contributed by atoms with E-state index in [-0.39, 0.29) is 20.1 Å². The van der Waals surface area contributed by atoms with Gasteiger partial charge in [0.15, 0.2) is 0 Å². The maximum atomic E-state index is 7.35. The second-order valence-corrected chi connectivity index (χ2v) is 25.7. The number of hydrogen-bond donors (Lipinski definition) is 0. The standard InChI is InChI=1S/C31H28N3O.C15H18GeN.Ir/c1-18(2)21-10-8-11-22(19(3)4)28(21)34-27-15-7-6-14-26(27)33-30(34)25-13-9-12-23-24-17-16-20(5)32-31(24)35-29(23)25;1-12-5-7-13(8-6-12)15-10-9-14(11-17-15)16(2,3)4;/h6-12,14-19H,1-5H3;5-7,9-11H,1-4H3;/q2*-1;/i;1D3;. The third-order valence-electron chi connectivity index (χ3n) is 9.51. The van der Waals surface area contributed by atoms with Gasteiger partial charge in [0.25, 0.3) is 0 Å². The molecule has 0 bridgehead atoms. The molecular formula is C46H46GeIrN4O-2. The number of benzene rings is 4. The van der Waals surface area contributed by atoms with Crippen LogP contribution in [0.3, 0.4) is 0 Å². The van der Waals surface area contributed by atoms with Gasteiger partial charge in [0.05, 0.1) is 22.4 Å². The summed E-state index contributed by atoms with van der Waals surface area (Å²) in [5.41, 5.74) is 11.0. The van der Waals surface area contributed by atoms with Crippen molar-refractivity contribution < 1.29 is 28.6 Å². The second kappa shape index (κ2) is 15.5. The monoisotopic (exact) mass is 940 g/mol. The Balaban J connectivity index is 0.000000217. The van der Waals surface area contributed by atoms with Gasteiger partial charge in [0, 0.05) is 36.9 Å². The van der Waals surface area contributed by atoms with Gasteiger partial charge in [-0.15, -0.1) is 18.2 Å². The van der Waals surface area contributed by atoms with Crippen LogP contribution < -0.4 is 4.40 Å². The second-order valence-electron chi connectivity index (χ2n) is 15.0. The Morgan fingerprint density at radius 1 is 0.792 bits per heavy atom. The number of aromatic nitrogens is 4. The van der Waals surface area contributed by atoms with E-state index in [9.17, 15) is 0 Å². The minimum absolute atomic E-state index is 0. The van der Waals surface area contributed by atoms with E-state index in [4.69, 9.17) is 13.5 Å². The van der Waals surface area contributed by atoms with Crippen molar-refractivity contribution >= 4 is 50.8 Å². The maximum absolute atomic E-state index is 7.35. The van der Waals surface area contributed by atoms with Crippen LogP contribution in [-0.4, -0.2) is 32.8 Å². The van der Waals surface area contributed by atoms with Crippen molar-refractivity contribution in [1.29, 1.82) is 0 Å². The number of hydrogen-bond acceptors (Lipinski definition) is 4. The summed E-state index contributed by atoms with van der Waals surface area (Å²) in [6, 6.07) is 38.6. The first-order valence-corrected chi connectivity index (χ1v) is 25.3. The topological polar surface area (TPSA) is 56.7 Å². The van der Waals surface area contributed by atoms with Crippen molar-refractivity contribution in [1.82, 2.24) is 19.5 Å². The van der Waals surface area contributed by atoms with Gasteiger partial charge in [-0.25, -0.2) is 4.98 Å². The molecule has 271 valence electrons. The summed E-state index contributed by atoms with van der Waals surface area (Å²) < 4.78 is 32.1. The van der Waals surface area contributed by atoms with E-state index in [2.05, 4.69) is 126 Å². The zero-order chi connectivity index (χ0) is 39.2. The summed E-state index contributed by atoms with van der Waals surface area (Å²) in [7, 11) is 0. The first kappa shape index (κ1) is 34.4. The molecule has 0 unspecified atom stereocenters. The van der Waals surface area contributed by atoms with Gasteiger partial charge >= 0.3 is 110 Å². The Morgan fingerprint density at radius 3 is 2.19 bits per heavy atom. The molecule has 0 fully saturated rings. The molecule has 0 aliphatic rings. The molecule has 8 rings (SSSR count). The Hall–Kier alpha value is -4.36. The zero-order valence-electron chi connectivity index (χ0n) is 34.5. The fourth-order valence-electron chi connectivity index (χ4n) is 6.65. The minimum atomic E-state index is -2.08. The SMILES string of the molecule is Cc1ccc2c(n1)oc1c(-c3nc4ccccc4n3-c3c(C(C)C)cccc3C(C)C)[c-]ccc12.[2H]C([2H])([2H])c1c[c-]c(-c2cc[c]([Ge]([CH3])([CH3])[CH3])cn2)cc1.[Ir]. The van der Waals surface area contributed by atoms with Crippen molar-refractivity contribution in [3.05, 3.63) is 138 Å². The van der Waals surface area contributed by atoms with Crippen molar-refractivity contribution in [2.45, 2.75) is 70.6 Å². The predicted molar refractivity (Wildman–Crippen MR) is 220 cm³/mol. The van der Waals surface area contributed by atoms with Crippen molar-refractivity contribution in [2.24, 2.45) is 0 Å². The number of para-hydroxylation sites is 3. The summed E-state index contributed by atoms with van der Waals surface area (Å²) in [6.45, 7) is 8.91. The molecule has 0 N–H and O–H groups in total. The molecule has 0 saturated heterocycles. The molecule has 0 spiro atoms. The average molecular weight is 939 g/mol. The fraction of sp³-hybridized carbons (Fsp3) is 0.239. The van der Waals surface area contributed by atoms with Crippen molar-refractivity contribution in [3.8, 4) is 28.3 Å². The third-order valence-corrected chi connectivity index (χ3v) is 13.8. The molecule has 0 amide bonds. The van der Waals surface area contributed by atoms with Gasteiger partial charge in [0.1, 0.15) is 0 Å². The van der Waals surface area contributed by atoms with E-state index < -0.39 is 20.1 Å². The van der Waals surface area contributed by atoms with Gasteiger partial charge in [-0.05, 0) is 54.2 Å². The molecule has 4 aromatic heterocycles. The molecule has 1 radical (unpaired) electrons. The summed E-state index contributed by atoms with van der Waals surface area (Å²) >= 11 is -1.83. The van der Waals surface area contributed by atoms with Crippen LogP contribution in [0.1, 0.15) is 66.0 Å². The summed E-state index contributed by atoms with van der Waals surface area (Å²) in [5.74, 6) is 8.53. The van der Waals surface area contributed by atoms with Crippen LogP contribution in [0, 0.1) is 25.9 Å². The van der Waals surface area contributed by atoms with Crippen LogP contribution in [0.4, 0.5) is 0 Å². The maximum Gasteiger partial charge on any atom is 0 e. The minimum Gasteiger partial charge on any atom is 0 e. The van der Waals surface area contributed by atoms with Gasteiger partial charge in [0.2, 0.25) is 5.71 Å². The number of aryl methyl sites for hydroxylation is 2. The summed E-state index contributed by atoms with van der Waals surface area (Å²) in [6.07, 6.45) is 1.95. The number of imidazole rings is 1. The summed E-state index contributed by atoms with van der Waals surface area (Å²) in [5, 5.41) is 2.04. The molecule has 4 aromatic carbocycles. The Labute approximate surface area is 333 Å². The fourth-order valence-corrected chi connectivity index (χ4v) is 8.82. The number of rotatable bonds is 6.